The normalized spacial score (nSPS) is 18.7. The van der Waals surface area contributed by atoms with Crippen LogP contribution in [0.2, 0.25) is 0 Å². The largest absolute Gasteiger partial charge is 0.455 e. The molecule has 29 heavy (non-hydrogen) atoms. The number of thiophene rings is 1. The summed E-state index contributed by atoms with van der Waals surface area (Å²) in [5.74, 6) is 0.902. The van der Waals surface area contributed by atoms with E-state index < -0.39 is 0 Å². The van der Waals surface area contributed by atoms with Gasteiger partial charge in [0.25, 0.3) is 5.91 Å². The number of hydrogen-bond donors (Lipinski definition) is 1. The van der Waals surface area contributed by atoms with Gasteiger partial charge in [0.1, 0.15) is 17.0 Å². The molecule has 1 aliphatic heterocycles. The van der Waals surface area contributed by atoms with Crippen LogP contribution in [0.3, 0.4) is 0 Å². The summed E-state index contributed by atoms with van der Waals surface area (Å²) in [5.41, 5.74) is 1.23. The van der Waals surface area contributed by atoms with Gasteiger partial charge in [-0.15, -0.1) is 11.3 Å². The molecule has 7 nitrogen and oxygen atoms in total. The van der Waals surface area contributed by atoms with E-state index >= 15 is 0 Å². The van der Waals surface area contributed by atoms with Crippen LogP contribution in [0, 0.1) is 25.7 Å². The monoisotopic (exact) mass is 416 g/mol. The summed E-state index contributed by atoms with van der Waals surface area (Å²) in [7, 11) is 0. The third-order valence-electron chi connectivity index (χ3n) is 6.14. The molecule has 0 bridgehead atoms. The molecule has 1 saturated heterocycles. The SMILES string of the molecule is Cc1sc2ncnc(N3CCC(C(=O)OCC(=O)N[C@@H](C)C4CC4)CC3)c2c1C. The summed E-state index contributed by atoms with van der Waals surface area (Å²) in [5, 5.41) is 4.04. The molecule has 0 spiro atoms. The van der Waals surface area contributed by atoms with Crippen molar-refractivity contribution in [2.75, 3.05) is 24.6 Å². The summed E-state index contributed by atoms with van der Waals surface area (Å²) in [4.78, 5) is 37.8. The lowest BCUT2D eigenvalue weighted by molar-refractivity contribution is -0.153. The summed E-state index contributed by atoms with van der Waals surface area (Å²) >= 11 is 1.69. The van der Waals surface area contributed by atoms with Crippen molar-refractivity contribution in [3.8, 4) is 0 Å². The summed E-state index contributed by atoms with van der Waals surface area (Å²) < 4.78 is 5.28. The molecule has 1 aliphatic carbocycles. The van der Waals surface area contributed by atoms with Gasteiger partial charge in [0.05, 0.1) is 11.3 Å². The van der Waals surface area contributed by atoms with Gasteiger partial charge in [0.15, 0.2) is 6.61 Å². The van der Waals surface area contributed by atoms with Gasteiger partial charge >= 0.3 is 5.97 Å². The summed E-state index contributed by atoms with van der Waals surface area (Å²) in [6, 6.07) is 0.165. The molecule has 1 saturated carbocycles. The molecular formula is C21H28N4O3S. The number of fused-ring (bicyclic) bond motifs is 1. The Balaban J connectivity index is 1.30. The van der Waals surface area contributed by atoms with Crippen LogP contribution in [0.15, 0.2) is 6.33 Å². The average molecular weight is 417 g/mol. The van der Waals surface area contributed by atoms with Crippen molar-refractivity contribution in [1.82, 2.24) is 15.3 Å². The Morgan fingerprint density at radius 1 is 1.24 bits per heavy atom. The maximum absolute atomic E-state index is 12.4. The van der Waals surface area contributed by atoms with Crippen LogP contribution in [0.5, 0.6) is 0 Å². The number of aromatic nitrogens is 2. The molecule has 0 radical (unpaired) electrons. The predicted molar refractivity (Wildman–Crippen MR) is 113 cm³/mol. The van der Waals surface area contributed by atoms with Crippen molar-refractivity contribution >= 4 is 39.2 Å². The number of rotatable bonds is 6. The van der Waals surface area contributed by atoms with Crippen molar-refractivity contribution in [3.63, 3.8) is 0 Å². The maximum atomic E-state index is 12.4. The van der Waals surface area contributed by atoms with Crippen LogP contribution in [0.4, 0.5) is 5.82 Å². The van der Waals surface area contributed by atoms with E-state index in [1.165, 1.54) is 23.3 Å². The van der Waals surface area contributed by atoms with Gasteiger partial charge in [-0.25, -0.2) is 9.97 Å². The van der Waals surface area contributed by atoms with Crippen LogP contribution >= 0.6 is 11.3 Å². The first kappa shape index (κ1) is 20.1. The van der Waals surface area contributed by atoms with E-state index in [1.807, 2.05) is 6.92 Å². The molecule has 1 N–H and O–H groups in total. The number of carbonyl (C=O) groups is 2. The lowest BCUT2D eigenvalue weighted by Crippen LogP contribution is -2.40. The highest BCUT2D eigenvalue weighted by Gasteiger charge is 2.30. The third kappa shape index (κ3) is 4.37. The number of nitrogens with zero attached hydrogens (tertiary/aromatic N) is 3. The Labute approximate surface area is 174 Å². The molecule has 2 aromatic rings. The maximum Gasteiger partial charge on any atom is 0.309 e. The fourth-order valence-electron chi connectivity index (χ4n) is 3.99. The van der Waals surface area contributed by atoms with Gasteiger partial charge < -0.3 is 15.0 Å². The van der Waals surface area contributed by atoms with Crippen molar-refractivity contribution < 1.29 is 14.3 Å². The average Bonchev–Trinajstić information content (AvgIpc) is 3.53. The number of nitrogens with one attached hydrogen (secondary N) is 1. The highest BCUT2D eigenvalue weighted by Crippen LogP contribution is 2.35. The van der Waals surface area contributed by atoms with Gasteiger partial charge in [-0.1, -0.05) is 0 Å². The lowest BCUT2D eigenvalue weighted by Gasteiger charge is -2.32. The minimum absolute atomic E-state index is 0.164. The number of aryl methyl sites for hydroxylation is 2. The first-order chi connectivity index (χ1) is 13.9. The zero-order chi connectivity index (χ0) is 20.5. The molecule has 8 heteroatoms. The molecular weight excluding hydrogens is 388 g/mol. The standard InChI is InChI=1S/C21H28N4O3S/c1-12-14(3)29-20-18(12)19(22-11-23-20)25-8-6-16(7-9-25)21(27)28-10-17(26)24-13(2)15-4-5-15/h11,13,15-16H,4-10H2,1-3H3,(H,24,26)/t13-/m0/s1. The Morgan fingerprint density at radius 3 is 2.66 bits per heavy atom. The van der Waals surface area contributed by atoms with E-state index in [9.17, 15) is 9.59 Å². The molecule has 3 heterocycles. The van der Waals surface area contributed by atoms with Gasteiger partial charge in [0, 0.05) is 24.0 Å². The van der Waals surface area contributed by atoms with E-state index in [0.717, 1.165) is 29.1 Å². The second-order valence-electron chi connectivity index (χ2n) is 8.22. The van der Waals surface area contributed by atoms with Gasteiger partial charge in [-0.05, 0) is 57.9 Å². The quantitative estimate of drug-likeness (QED) is 0.729. The minimum Gasteiger partial charge on any atom is -0.455 e. The van der Waals surface area contributed by atoms with E-state index in [2.05, 4.69) is 34.0 Å². The van der Waals surface area contributed by atoms with Gasteiger partial charge in [0.2, 0.25) is 0 Å². The molecule has 1 amide bonds. The Kier molecular flexibility index (Phi) is 5.72. The molecule has 2 aromatic heterocycles. The first-order valence-electron chi connectivity index (χ1n) is 10.4. The number of anilines is 1. The first-order valence-corrected chi connectivity index (χ1v) is 11.2. The molecule has 156 valence electrons. The number of carbonyl (C=O) groups excluding carboxylic acids is 2. The van der Waals surface area contributed by atoms with Crippen molar-refractivity contribution in [1.29, 1.82) is 0 Å². The van der Waals surface area contributed by atoms with Crippen molar-refractivity contribution in [2.45, 2.75) is 52.5 Å². The number of hydrogen-bond acceptors (Lipinski definition) is 7. The Hall–Kier alpha value is -2.22. The Morgan fingerprint density at radius 2 is 1.97 bits per heavy atom. The molecule has 4 rings (SSSR count). The van der Waals surface area contributed by atoms with E-state index in [0.29, 0.717) is 18.8 Å². The van der Waals surface area contributed by atoms with E-state index in [-0.39, 0.29) is 30.4 Å². The van der Waals surface area contributed by atoms with Crippen LogP contribution in [-0.2, 0) is 14.3 Å². The molecule has 2 aliphatic rings. The van der Waals surface area contributed by atoms with E-state index in [4.69, 9.17) is 4.74 Å². The molecule has 0 aromatic carbocycles. The number of amides is 1. The number of piperidine rings is 1. The molecule has 1 atom stereocenters. The topological polar surface area (TPSA) is 84.4 Å². The fraction of sp³-hybridized carbons (Fsp3) is 0.619. The number of esters is 1. The summed E-state index contributed by atoms with van der Waals surface area (Å²) in [6.07, 6.45) is 5.36. The number of ether oxygens (including phenoxy) is 1. The second-order valence-corrected chi connectivity index (χ2v) is 9.43. The second kappa shape index (κ2) is 8.26. The molecule has 0 unspecified atom stereocenters. The van der Waals surface area contributed by atoms with Crippen LogP contribution in [-0.4, -0.2) is 47.6 Å². The fourth-order valence-corrected chi connectivity index (χ4v) is 4.99. The zero-order valence-corrected chi connectivity index (χ0v) is 18.1. The predicted octanol–water partition coefficient (Wildman–Crippen LogP) is 2.98. The van der Waals surface area contributed by atoms with E-state index in [1.54, 1.807) is 17.7 Å². The molecule has 2 fully saturated rings. The minimum atomic E-state index is -0.269. The third-order valence-corrected chi connectivity index (χ3v) is 7.25. The van der Waals surface area contributed by atoms with Crippen molar-refractivity contribution in [3.05, 3.63) is 16.8 Å². The Bertz CT molecular complexity index is 916. The van der Waals surface area contributed by atoms with Crippen molar-refractivity contribution in [2.24, 2.45) is 11.8 Å². The van der Waals surface area contributed by atoms with Crippen LogP contribution < -0.4 is 10.2 Å². The van der Waals surface area contributed by atoms with Crippen LogP contribution in [0.25, 0.3) is 10.2 Å². The lowest BCUT2D eigenvalue weighted by atomic mass is 9.97. The summed E-state index contributed by atoms with van der Waals surface area (Å²) in [6.45, 7) is 7.52. The smallest absolute Gasteiger partial charge is 0.309 e. The highest BCUT2D eigenvalue weighted by atomic mass is 32.1. The van der Waals surface area contributed by atoms with Gasteiger partial charge in [-0.3, -0.25) is 9.59 Å². The van der Waals surface area contributed by atoms with Crippen LogP contribution in [0.1, 0.15) is 43.0 Å². The van der Waals surface area contributed by atoms with Gasteiger partial charge in [-0.2, -0.15) is 0 Å². The zero-order valence-electron chi connectivity index (χ0n) is 17.2. The highest BCUT2D eigenvalue weighted by molar-refractivity contribution is 7.18.